The average molecular weight is 437 g/mol. The van der Waals surface area contributed by atoms with Crippen molar-refractivity contribution in [1.29, 1.82) is 0 Å². The molecule has 0 aliphatic carbocycles. The highest BCUT2D eigenvalue weighted by molar-refractivity contribution is 9.11. The summed E-state index contributed by atoms with van der Waals surface area (Å²) in [6.45, 7) is 0. The van der Waals surface area contributed by atoms with Crippen LogP contribution in [0.4, 0.5) is 17.3 Å². The standard InChI is InChI=1S/C11H9Br3N4/c1-15-10-9(14)11(17-5-16-10)18-8-3-2-6(12)4-7(8)13/h2-5H,1H3,(H2,15,16,17,18). The van der Waals surface area contributed by atoms with Gasteiger partial charge in [-0.25, -0.2) is 9.97 Å². The first kappa shape index (κ1) is 13.8. The number of aromatic nitrogens is 2. The third-order valence-electron chi connectivity index (χ3n) is 2.21. The molecule has 1 aromatic carbocycles. The van der Waals surface area contributed by atoms with Crippen molar-refractivity contribution in [3.8, 4) is 0 Å². The topological polar surface area (TPSA) is 49.8 Å². The van der Waals surface area contributed by atoms with Crippen molar-refractivity contribution in [3.05, 3.63) is 37.9 Å². The van der Waals surface area contributed by atoms with Gasteiger partial charge in [-0.15, -0.1) is 0 Å². The number of hydrogen-bond donors (Lipinski definition) is 2. The Morgan fingerprint density at radius 3 is 2.44 bits per heavy atom. The molecule has 0 radical (unpaired) electrons. The van der Waals surface area contributed by atoms with E-state index in [2.05, 4.69) is 68.4 Å². The normalized spacial score (nSPS) is 10.2. The van der Waals surface area contributed by atoms with E-state index < -0.39 is 0 Å². The minimum absolute atomic E-state index is 0.706. The number of hydrogen-bond acceptors (Lipinski definition) is 4. The zero-order chi connectivity index (χ0) is 13.1. The Kier molecular flexibility index (Phi) is 4.58. The smallest absolute Gasteiger partial charge is 0.150 e. The highest BCUT2D eigenvalue weighted by atomic mass is 79.9. The lowest BCUT2D eigenvalue weighted by Crippen LogP contribution is -2.00. The van der Waals surface area contributed by atoms with Gasteiger partial charge in [0.25, 0.3) is 0 Å². The van der Waals surface area contributed by atoms with Crippen LogP contribution in [0.1, 0.15) is 0 Å². The van der Waals surface area contributed by atoms with E-state index >= 15 is 0 Å². The van der Waals surface area contributed by atoms with Gasteiger partial charge in [-0.2, -0.15) is 0 Å². The van der Waals surface area contributed by atoms with Gasteiger partial charge >= 0.3 is 0 Å². The highest BCUT2D eigenvalue weighted by Crippen LogP contribution is 2.32. The largest absolute Gasteiger partial charge is 0.372 e. The Bertz CT molecular complexity index is 574. The van der Waals surface area contributed by atoms with E-state index in [4.69, 9.17) is 0 Å². The number of nitrogens with zero attached hydrogens (tertiary/aromatic N) is 2. The molecule has 18 heavy (non-hydrogen) atoms. The van der Waals surface area contributed by atoms with Crippen LogP contribution in [-0.2, 0) is 0 Å². The van der Waals surface area contributed by atoms with E-state index in [-0.39, 0.29) is 0 Å². The van der Waals surface area contributed by atoms with Gasteiger partial charge in [0.1, 0.15) is 22.4 Å². The number of rotatable bonds is 3. The maximum atomic E-state index is 4.20. The van der Waals surface area contributed by atoms with Crippen LogP contribution in [-0.4, -0.2) is 17.0 Å². The molecule has 1 heterocycles. The zero-order valence-corrected chi connectivity index (χ0v) is 14.1. The molecule has 94 valence electrons. The number of nitrogens with one attached hydrogen (secondary N) is 2. The van der Waals surface area contributed by atoms with Gasteiger partial charge in [-0.05, 0) is 50.1 Å². The molecule has 0 aliphatic heterocycles. The summed E-state index contributed by atoms with van der Waals surface area (Å²) < 4.78 is 2.76. The molecule has 0 amide bonds. The van der Waals surface area contributed by atoms with Crippen molar-refractivity contribution < 1.29 is 0 Å². The van der Waals surface area contributed by atoms with Gasteiger partial charge in [0, 0.05) is 16.0 Å². The second-order valence-electron chi connectivity index (χ2n) is 3.38. The lowest BCUT2D eigenvalue weighted by molar-refractivity contribution is 1.14. The van der Waals surface area contributed by atoms with Crippen molar-refractivity contribution in [3.63, 3.8) is 0 Å². The predicted octanol–water partition coefficient (Wildman–Crippen LogP) is 4.55. The van der Waals surface area contributed by atoms with Crippen molar-refractivity contribution in [2.24, 2.45) is 0 Å². The van der Waals surface area contributed by atoms with Crippen molar-refractivity contribution in [2.45, 2.75) is 0 Å². The Morgan fingerprint density at radius 1 is 1.06 bits per heavy atom. The van der Waals surface area contributed by atoms with Gasteiger partial charge in [0.2, 0.25) is 0 Å². The minimum atomic E-state index is 0.706. The second kappa shape index (κ2) is 5.99. The molecule has 4 nitrogen and oxygen atoms in total. The summed E-state index contributed by atoms with van der Waals surface area (Å²) >= 11 is 10.4. The van der Waals surface area contributed by atoms with Gasteiger partial charge in [-0.1, -0.05) is 15.9 Å². The van der Waals surface area contributed by atoms with Crippen LogP contribution in [0.15, 0.2) is 37.9 Å². The predicted molar refractivity (Wildman–Crippen MR) is 84.4 cm³/mol. The van der Waals surface area contributed by atoms with Crippen molar-refractivity contribution in [2.75, 3.05) is 17.7 Å². The SMILES string of the molecule is CNc1ncnc(Nc2ccc(Br)cc2Br)c1Br. The highest BCUT2D eigenvalue weighted by Gasteiger charge is 2.09. The monoisotopic (exact) mass is 434 g/mol. The Hall–Kier alpha value is -0.660. The lowest BCUT2D eigenvalue weighted by atomic mass is 10.3. The molecule has 0 spiro atoms. The zero-order valence-electron chi connectivity index (χ0n) is 9.34. The molecule has 0 saturated heterocycles. The van der Waals surface area contributed by atoms with E-state index in [0.29, 0.717) is 5.82 Å². The maximum absolute atomic E-state index is 4.20. The van der Waals surface area contributed by atoms with Crippen molar-refractivity contribution in [1.82, 2.24) is 9.97 Å². The van der Waals surface area contributed by atoms with Crippen LogP contribution in [0.3, 0.4) is 0 Å². The Morgan fingerprint density at radius 2 is 1.78 bits per heavy atom. The first-order chi connectivity index (χ1) is 8.61. The van der Waals surface area contributed by atoms with Gasteiger partial charge in [-0.3, -0.25) is 0 Å². The molecule has 0 fully saturated rings. The summed E-state index contributed by atoms with van der Waals surface area (Å²) in [7, 11) is 1.81. The first-order valence-electron chi connectivity index (χ1n) is 5.02. The van der Waals surface area contributed by atoms with E-state index in [1.54, 1.807) is 0 Å². The molecule has 0 atom stereocenters. The first-order valence-corrected chi connectivity index (χ1v) is 7.40. The maximum Gasteiger partial charge on any atom is 0.150 e. The van der Waals surface area contributed by atoms with E-state index in [9.17, 15) is 0 Å². The molecular formula is C11H9Br3N4. The summed E-state index contributed by atoms with van der Waals surface area (Å²) in [6.07, 6.45) is 1.51. The van der Waals surface area contributed by atoms with Crippen LogP contribution in [0.2, 0.25) is 0 Å². The number of benzene rings is 1. The molecule has 7 heteroatoms. The molecule has 2 N–H and O–H groups in total. The molecule has 0 aliphatic rings. The Labute approximate surface area is 130 Å². The second-order valence-corrected chi connectivity index (χ2v) is 5.95. The lowest BCUT2D eigenvalue weighted by Gasteiger charge is -2.11. The van der Waals surface area contributed by atoms with Crippen LogP contribution in [0.25, 0.3) is 0 Å². The summed E-state index contributed by atoms with van der Waals surface area (Å²) in [5, 5.41) is 6.22. The number of halogens is 3. The van der Waals surface area contributed by atoms with Crippen LogP contribution in [0.5, 0.6) is 0 Å². The van der Waals surface area contributed by atoms with Crippen LogP contribution >= 0.6 is 47.8 Å². The Balaban J connectivity index is 2.34. The summed E-state index contributed by atoms with van der Waals surface area (Å²) in [5.74, 6) is 1.44. The molecule has 1 aromatic heterocycles. The quantitative estimate of drug-likeness (QED) is 0.741. The summed E-state index contributed by atoms with van der Waals surface area (Å²) in [6, 6.07) is 5.89. The molecule has 0 saturated carbocycles. The molecule has 2 rings (SSSR count). The van der Waals surface area contributed by atoms with E-state index in [0.717, 1.165) is 24.9 Å². The third-order valence-corrected chi connectivity index (χ3v) is 4.11. The molecule has 2 aromatic rings. The fourth-order valence-corrected chi connectivity index (χ4v) is 3.00. The minimum Gasteiger partial charge on any atom is -0.372 e. The molecule has 0 unspecified atom stereocenters. The van der Waals surface area contributed by atoms with E-state index in [1.807, 2.05) is 25.2 Å². The van der Waals surface area contributed by atoms with Crippen LogP contribution in [0, 0.1) is 0 Å². The summed E-state index contributed by atoms with van der Waals surface area (Å²) in [4.78, 5) is 8.31. The fourth-order valence-electron chi connectivity index (χ4n) is 1.35. The van der Waals surface area contributed by atoms with E-state index in [1.165, 1.54) is 6.33 Å². The molecule has 0 bridgehead atoms. The van der Waals surface area contributed by atoms with Gasteiger partial charge in [0.05, 0.1) is 5.69 Å². The van der Waals surface area contributed by atoms with Crippen molar-refractivity contribution >= 4 is 65.1 Å². The van der Waals surface area contributed by atoms with Crippen LogP contribution < -0.4 is 10.6 Å². The number of anilines is 3. The van der Waals surface area contributed by atoms with Gasteiger partial charge in [0.15, 0.2) is 0 Å². The molecular weight excluding hydrogens is 428 g/mol. The third kappa shape index (κ3) is 3.02. The van der Waals surface area contributed by atoms with Gasteiger partial charge < -0.3 is 10.6 Å². The summed E-state index contributed by atoms with van der Waals surface area (Å²) in [5.41, 5.74) is 0.930. The average Bonchev–Trinajstić information content (AvgIpc) is 2.35. The fraction of sp³-hybridized carbons (Fsp3) is 0.0909.